The molecule has 54 valence electrons. The Kier molecular flexibility index (Phi) is 4.20. The first-order valence-electron chi connectivity index (χ1n) is 3.05. The van der Waals surface area contributed by atoms with Crippen molar-refractivity contribution in [3.63, 3.8) is 0 Å². The van der Waals surface area contributed by atoms with Gasteiger partial charge in [0.15, 0.2) is 0 Å². The lowest BCUT2D eigenvalue weighted by molar-refractivity contribution is 1.44. The van der Waals surface area contributed by atoms with Gasteiger partial charge in [-0.25, -0.2) is 0 Å². The van der Waals surface area contributed by atoms with Gasteiger partial charge in [-0.15, -0.1) is 0 Å². The van der Waals surface area contributed by atoms with E-state index in [1.807, 2.05) is 12.1 Å². The van der Waals surface area contributed by atoms with Crippen molar-refractivity contribution >= 4 is 0 Å². The van der Waals surface area contributed by atoms with Crippen LogP contribution in [0, 0.1) is 22.7 Å². The number of hydrogen-bond acceptors (Lipinski definition) is 2. The van der Waals surface area contributed by atoms with Crippen LogP contribution in [-0.4, -0.2) is 0 Å². The zero-order valence-corrected chi connectivity index (χ0v) is 6.33. The summed E-state index contributed by atoms with van der Waals surface area (Å²) in [7, 11) is 0. The maximum Gasteiger partial charge on any atom is 0.0991 e. The third-order valence-electron chi connectivity index (χ3n) is 1.04. The molecule has 2 nitrogen and oxygen atoms in total. The second-order valence-corrected chi connectivity index (χ2v) is 1.90. The fourth-order valence-corrected chi connectivity index (χ4v) is 0.403. The van der Waals surface area contributed by atoms with Crippen LogP contribution < -0.4 is 0 Å². The van der Waals surface area contributed by atoms with E-state index in [-0.39, 0.29) is 0 Å². The van der Waals surface area contributed by atoms with Gasteiger partial charge in [-0.1, -0.05) is 12.7 Å². The summed E-state index contributed by atoms with van der Waals surface area (Å²) in [5.74, 6) is 0. The van der Waals surface area contributed by atoms with E-state index in [2.05, 4.69) is 6.58 Å². The Balaban J connectivity index is 4.49. The summed E-state index contributed by atoms with van der Waals surface area (Å²) < 4.78 is 0. The second-order valence-electron chi connectivity index (χ2n) is 1.90. The Labute approximate surface area is 66.4 Å². The molecule has 0 aromatic heterocycles. The Morgan fingerprint density at radius 1 is 1.27 bits per heavy atom. The molecule has 0 bridgehead atoms. The molecule has 0 aliphatic rings. The van der Waals surface area contributed by atoms with Crippen LogP contribution >= 0.6 is 0 Å². The highest BCUT2D eigenvalue weighted by Gasteiger charge is 1.84. The summed E-state index contributed by atoms with van der Waals surface area (Å²) in [6, 6.07) is 3.86. The average Bonchev–Trinajstić information content (AvgIpc) is 2.06. The molecular formula is C9H8N2. The van der Waals surface area contributed by atoms with Crippen LogP contribution in [0.15, 0.2) is 36.0 Å². The molecule has 0 unspecified atom stereocenters. The van der Waals surface area contributed by atoms with Gasteiger partial charge in [0.05, 0.1) is 17.7 Å². The van der Waals surface area contributed by atoms with Gasteiger partial charge < -0.3 is 0 Å². The highest BCUT2D eigenvalue weighted by Crippen LogP contribution is 1.96. The smallest absolute Gasteiger partial charge is 0.0991 e. The van der Waals surface area contributed by atoms with E-state index >= 15 is 0 Å². The molecule has 0 rings (SSSR count). The highest BCUT2D eigenvalue weighted by atomic mass is 14.2. The summed E-state index contributed by atoms with van der Waals surface area (Å²) in [5.41, 5.74) is 1.03. The normalized spacial score (nSPS) is 11.5. The van der Waals surface area contributed by atoms with Crippen molar-refractivity contribution in [1.29, 1.82) is 10.5 Å². The molecule has 0 heterocycles. The molecule has 2 heteroatoms. The van der Waals surface area contributed by atoms with E-state index in [0.29, 0.717) is 11.1 Å². The van der Waals surface area contributed by atoms with Crippen molar-refractivity contribution in [3.8, 4) is 12.1 Å². The van der Waals surface area contributed by atoms with E-state index in [0.717, 1.165) is 0 Å². The number of nitrogens with zero attached hydrogens (tertiary/aromatic N) is 2. The van der Waals surface area contributed by atoms with Gasteiger partial charge in [-0.3, -0.25) is 0 Å². The minimum atomic E-state index is 0.458. The van der Waals surface area contributed by atoms with Gasteiger partial charge in [0.1, 0.15) is 0 Å². The van der Waals surface area contributed by atoms with Crippen LogP contribution in [0.4, 0.5) is 0 Å². The molecule has 0 aromatic carbocycles. The summed E-state index contributed by atoms with van der Waals surface area (Å²) in [6.45, 7) is 5.11. The highest BCUT2D eigenvalue weighted by molar-refractivity contribution is 5.37. The standard InChI is InChI=1S/C9H8N2/c1-3-9(7-11)5-4-8(2)6-10/h3-5H,1H2,2H3/b8-4+,9-5+. The molecule has 0 spiro atoms. The lowest BCUT2D eigenvalue weighted by Gasteiger charge is -1.82. The predicted molar refractivity (Wildman–Crippen MR) is 43.3 cm³/mol. The molecule has 0 amide bonds. The zero-order valence-electron chi connectivity index (χ0n) is 6.33. The van der Waals surface area contributed by atoms with E-state index < -0.39 is 0 Å². The van der Waals surface area contributed by atoms with Gasteiger partial charge in [0, 0.05) is 5.57 Å². The molecule has 0 N–H and O–H groups in total. The van der Waals surface area contributed by atoms with E-state index in [1.165, 1.54) is 6.08 Å². The first-order valence-corrected chi connectivity index (χ1v) is 3.05. The first-order chi connectivity index (χ1) is 5.24. The fourth-order valence-electron chi connectivity index (χ4n) is 0.403. The molecule has 0 saturated heterocycles. The number of allylic oxidation sites excluding steroid dienone is 5. The molecule has 11 heavy (non-hydrogen) atoms. The first kappa shape index (κ1) is 9.20. The maximum absolute atomic E-state index is 8.41. The monoisotopic (exact) mass is 144 g/mol. The second kappa shape index (κ2) is 5.02. The fraction of sp³-hybridized carbons (Fsp3) is 0.111. The van der Waals surface area contributed by atoms with Crippen molar-refractivity contribution in [2.45, 2.75) is 6.92 Å². The quantitative estimate of drug-likeness (QED) is 0.440. The van der Waals surface area contributed by atoms with Crippen molar-refractivity contribution in [2.24, 2.45) is 0 Å². The van der Waals surface area contributed by atoms with Crippen LogP contribution in [0.2, 0.25) is 0 Å². The lowest BCUT2D eigenvalue weighted by atomic mass is 10.2. The molecule has 0 saturated carbocycles. The Bertz CT molecular complexity index is 282. The maximum atomic E-state index is 8.41. The van der Waals surface area contributed by atoms with E-state index in [1.54, 1.807) is 19.1 Å². The van der Waals surface area contributed by atoms with Crippen molar-refractivity contribution in [2.75, 3.05) is 0 Å². The van der Waals surface area contributed by atoms with Crippen molar-refractivity contribution in [3.05, 3.63) is 36.0 Å². The van der Waals surface area contributed by atoms with Crippen LogP contribution in [0.1, 0.15) is 6.92 Å². The zero-order chi connectivity index (χ0) is 8.69. The van der Waals surface area contributed by atoms with Gasteiger partial charge in [0.25, 0.3) is 0 Å². The third-order valence-corrected chi connectivity index (χ3v) is 1.04. The minimum Gasteiger partial charge on any atom is -0.193 e. The van der Waals surface area contributed by atoms with Gasteiger partial charge in [-0.05, 0) is 19.1 Å². The van der Waals surface area contributed by atoms with Crippen molar-refractivity contribution < 1.29 is 0 Å². The third kappa shape index (κ3) is 3.72. The summed E-state index contributed by atoms with van der Waals surface area (Å²) in [4.78, 5) is 0. The van der Waals surface area contributed by atoms with Gasteiger partial charge in [0.2, 0.25) is 0 Å². The Hall–Kier alpha value is -1.80. The number of nitriles is 2. The molecule has 0 aromatic rings. The number of rotatable bonds is 2. The average molecular weight is 144 g/mol. The molecule has 0 radical (unpaired) electrons. The Morgan fingerprint density at radius 3 is 2.27 bits per heavy atom. The molecule has 0 aliphatic heterocycles. The summed E-state index contributed by atoms with van der Waals surface area (Å²) in [6.07, 6.45) is 4.59. The van der Waals surface area contributed by atoms with Crippen LogP contribution in [0.5, 0.6) is 0 Å². The van der Waals surface area contributed by atoms with Gasteiger partial charge >= 0.3 is 0 Å². The minimum absolute atomic E-state index is 0.458. The SMILES string of the molecule is C=C/C(C#N)=C\C=C(/C)C#N. The van der Waals surface area contributed by atoms with Gasteiger partial charge in [-0.2, -0.15) is 10.5 Å². The van der Waals surface area contributed by atoms with Crippen LogP contribution in [-0.2, 0) is 0 Å². The predicted octanol–water partition coefficient (Wildman–Crippen LogP) is 2.09. The largest absolute Gasteiger partial charge is 0.193 e. The molecule has 0 fully saturated rings. The van der Waals surface area contributed by atoms with Crippen molar-refractivity contribution in [1.82, 2.24) is 0 Å². The molecule has 0 aliphatic carbocycles. The van der Waals surface area contributed by atoms with E-state index in [9.17, 15) is 0 Å². The molecule has 0 atom stereocenters. The van der Waals surface area contributed by atoms with E-state index in [4.69, 9.17) is 10.5 Å². The lowest BCUT2D eigenvalue weighted by Crippen LogP contribution is -1.69. The summed E-state index contributed by atoms with van der Waals surface area (Å²) in [5, 5.41) is 16.7. The summed E-state index contributed by atoms with van der Waals surface area (Å²) >= 11 is 0. The van der Waals surface area contributed by atoms with Crippen LogP contribution in [0.3, 0.4) is 0 Å². The topological polar surface area (TPSA) is 47.6 Å². The number of hydrogen-bond donors (Lipinski definition) is 0. The van der Waals surface area contributed by atoms with Crippen LogP contribution in [0.25, 0.3) is 0 Å². The molecular weight excluding hydrogens is 136 g/mol. The Morgan fingerprint density at radius 2 is 1.91 bits per heavy atom.